The van der Waals surface area contributed by atoms with Crippen molar-refractivity contribution in [1.82, 2.24) is 14.9 Å². The number of benzene rings is 1. The van der Waals surface area contributed by atoms with E-state index in [2.05, 4.69) is 42.9 Å². The van der Waals surface area contributed by atoms with Crippen molar-refractivity contribution in [1.29, 1.82) is 0 Å². The average molecular weight is 297 g/mol. The van der Waals surface area contributed by atoms with Crippen molar-refractivity contribution in [3.63, 3.8) is 0 Å². The zero-order valence-corrected chi connectivity index (χ0v) is 13.5. The van der Waals surface area contributed by atoms with E-state index in [4.69, 9.17) is 0 Å². The first-order valence-corrected chi connectivity index (χ1v) is 7.82. The van der Waals surface area contributed by atoms with Crippen molar-refractivity contribution in [3.8, 4) is 0 Å². The summed E-state index contributed by atoms with van der Waals surface area (Å²) >= 11 is 0. The van der Waals surface area contributed by atoms with Gasteiger partial charge in [-0.05, 0) is 11.0 Å². The molecule has 1 atom stereocenters. The largest absolute Gasteiger partial charge is 0.348 e. The minimum atomic E-state index is -0.0777. The highest BCUT2D eigenvalue weighted by Crippen LogP contribution is 2.34. The molecule has 22 heavy (non-hydrogen) atoms. The van der Waals surface area contributed by atoms with Gasteiger partial charge in [-0.1, -0.05) is 51.1 Å². The van der Waals surface area contributed by atoms with Crippen LogP contribution in [0.4, 0.5) is 0 Å². The Balaban J connectivity index is 1.97. The van der Waals surface area contributed by atoms with Crippen LogP contribution in [0, 0.1) is 5.41 Å². The molecule has 1 aliphatic heterocycles. The monoisotopic (exact) mass is 297 g/mol. The summed E-state index contributed by atoms with van der Waals surface area (Å²) in [6.07, 6.45) is 3.13. The lowest BCUT2D eigenvalue weighted by molar-refractivity contribution is -0.135. The van der Waals surface area contributed by atoms with E-state index < -0.39 is 0 Å². The van der Waals surface area contributed by atoms with E-state index >= 15 is 0 Å². The van der Waals surface area contributed by atoms with Crippen LogP contribution in [-0.2, 0) is 11.2 Å². The number of imidazole rings is 1. The van der Waals surface area contributed by atoms with Crippen LogP contribution in [0.25, 0.3) is 0 Å². The number of hydrogen-bond acceptors (Lipinski definition) is 2. The summed E-state index contributed by atoms with van der Waals surface area (Å²) in [7, 11) is 0. The third-order valence-corrected chi connectivity index (χ3v) is 4.04. The highest BCUT2D eigenvalue weighted by atomic mass is 16.2. The third kappa shape index (κ3) is 2.91. The van der Waals surface area contributed by atoms with Crippen LogP contribution < -0.4 is 0 Å². The molecule has 116 valence electrons. The van der Waals surface area contributed by atoms with Gasteiger partial charge >= 0.3 is 0 Å². The molecule has 1 aromatic carbocycles. The molecule has 4 nitrogen and oxygen atoms in total. The second-order valence-electron chi connectivity index (χ2n) is 7.15. The van der Waals surface area contributed by atoms with Gasteiger partial charge in [-0.25, -0.2) is 4.98 Å². The van der Waals surface area contributed by atoms with E-state index in [0.29, 0.717) is 6.42 Å². The number of carbonyl (C=O) groups is 1. The van der Waals surface area contributed by atoms with Gasteiger partial charge in [-0.15, -0.1) is 0 Å². The molecule has 4 heteroatoms. The first kappa shape index (κ1) is 14.8. The zero-order chi connectivity index (χ0) is 15.7. The molecule has 0 saturated carbocycles. The fourth-order valence-electron chi connectivity index (χ4n) is 3.07. The van der Waals surface area contributed by atoms with Gasteiger partial charge in [-0.2, -0.15) is 0 Å². The van der Waals surface area contributed by atoms with Crippen LogP contribution in [0.15, 0.2) is 36.7 Å². The second kappa shape index (κ2) is 5.59. The highest BCUT2D eigenvalue weighted by Gasteiger charge is 2.34. The number of aromatic nitrogens is 2. The SMILES string of the molecule is CC(C)(C)CC(=O)N1CCc2[nH]cnc2C1c1ccccc1. The van der Waals surface area contributed by atoms with Gasteiger partial charge in [0.1, 0.15) is 6.04 Å². The van der Waals surface area contributed by atoms with Crippen molar-refractivity contribution in [2.24, 2.45) is 5.41 Å². The number of H-pyrrole nitrogens is 1. The smallest absolute Gasteiger partial charge is 0.223 e. The summed E-state index contributed by atoms with van der Waals surface area (Å²) in [5, 5.41) is 0. The molecule has 1 N–H and O–H groups in total. The quantitative estimate of drug-likeness (QED) is 0.924. The lowest BCUT2D eigenvalue weighted by Gasteiger charge is -2.36. The molecule has 1 aromatic heterocycles. The maximum Gasteiger partial charge on any atom is 0.223 e. The standard InChI is InChI=1S/C18H23N3O/c1-18(2,3)11-15(22)21-10-9-14-16(20-12-19-14)17(21)13-7-5-4-6-8-13/h4-8,12,17H,9-11H2,1-3H3,(H,19,20). The number of fused-ring (bicyclic) bond motifs is 1. The van der Waals surface area contributed by atoms with E-state index in [1.807, 2.05) is 23.1 Å². The molecule has 2 aromatic rings. The third-order valence-electron chi connectivity index (χ3n) is 4.04. The Labute approximate surface area is 131 Å². The molecule has 0 saturated heterocycles. The van der Waals surface area contributed by atoms with Crippen LogP contribution in [0.3, 0.4) is 0 Å². The summed E-state index contributed by atoms with van der Waals surface area (Å²) in [5.41, 5.74) is 3.25. The van der Waals surface area contributed by atoms with Gasteiger partial charge in [0.05, 0.1) is 12.0 Å². The summed E-state index contributed by atoms with van der Waals surface area (Å²) in [5.74, 6) is 0.204. The normalized spacial score (nSPS) is 18.1. The van der Waals surface area contributed by atoms with E-state index in [-0.39, 0.29) is 17.4 Å². The lowest BCUT2D eigenvalue weighted by atomic mass is 9.89. The highest BCUT2D eigenvalue weighted by molar-refractivity contribution is 5.78. The second-order valence-corrected chi connectivity index (χ2v) is 7.15. The molecule has 1 aliphatic rings. The number of amides is 1. The van der Waals surface area contributed by atoms with Crippen molar-refractivity contribution < 1.29 is 4.79 Å². The Bertz CT molecular complexity index is 654. The number of carbonyl (C=O) groups excluding carboxylic acids is 1. The van der Waals surface area contributed by atoms with Crippen LogP contribution >= 0.6 is 0 Å². The molecule has 1 unspecified atom stereocenters. The minimum Gasteiger partial charge on any atom is -0.348 e. The maximum absolute atomic E-state index is 12.8. The summed E-state index contributed by atoms with van der Waals surface area (Å²) < 4.78 is 0. The Morgan fingerprint density at radius 3 is 2.73 bits per heavy atom. The molecular weight excluding hydrogens is 274 g/mol. The number of aromatic amines is 1. The van der Waals surface area contributed by atoms with Gasteiger partial charge < -0.3 is 9.88 Å². The number of rotatable bonds is 2. The first-order chi connectivity index (χ1) is 10.5. The fourth-order valence-corrected chi connectivity index (χ4v) is 3.07. The zero-order valence-electron chi connectivity index (χ0n) is 13.5. The predicted octanol–water partition coefficient (Wildman–Crippen LogP) is 3.32. The molecule has 2 heterocycles. The predicted molar refractivity (Wildman–Crippen MR) is 86.4 cm³/mol. The van der Waals surface area contributed by atoms with E-state index in [1.54, 1.807) is 6.33 Å². The minimum absolute atomic E-state index is 0.00975. The van der Waals surface area contributed by atoms with Gasteiger partial charge in [-0.3, -0.25) is 4.79 Å². The molecule has 0 aliphatic carbocycles. The Hall–Kier alpha value is -2.10. The molecule has 3 rings (SSSR count). The fraction of sp³-hybridized carbons (Fsp3) is 0.444. The van der Waals surface area contributed by atoms with Crippen LogP contribution in [0.2, 0.25) is 0 Å². The van der Waals surface area contributed by atoms with E-state index in [0.717, 1.165) is 29.9 Å². The number of hydrogen-bond donors (Lipinski definition) is 1. The van der Waals surface area contributed by atoms with Crippen molar-refractivity contribution in [2.45, 2.75) is 39.7 Å². The molecule has 0 fully saturated rings. The summed E-state index contributed by atoms with van der Waals surface area (Å²) in [4.78, 5) is 22.5. The Kier molecular flexibility index (Phi) is 3.77. The van der Waals surface area contributed by atoms with Crippen molar-refractivity contribution >= 4 is 5.91 Å². The van der Waals surface area contributed by atoms with Crippen LogP contribution in [0.5, 0.6) is 0 Å². The molecule has 0 spiro atoms. The average Bonchev–Trinajstić information content (AvgIpc) is 2.93. The van der Waals surface area contributed by atoms with Crippen molar-refractivity contribution in [3.05, 3.63) is 53.6 Å². The van der Waals surface area contributed by atoms with Gasteiger partial charge in [0.25, 0.3) is 0 Å². The first-order valence-electron chi connectivity index (χ1n) is 7.82. The van der Waals surface area contributed by atoms with Gasteiger partial charge in [0.2, 0.25) is 5.91 Å². The van der Waals surface area contributed by atoms with E-state index in [1.165, 1.54) is 0 Å². The summed E-state index contributed by atoms with van der Waals surface area (Å²) in [6, 6.07) is 10.1. The molecule has 1 amide bonds. The van der Waals surface area contributed by atoms with Crippen LogP contribution in [-0.4, -0.2) is 27.3 Å². The molecule has 0 radical (unpaired) electrons. The number of nitrogens with one attached hydrogen (secondary N) is 1. The lowest BCUT2D eigenvalue weighted by Crippen LogP contribution is -2.42. The van der Waals surface area contributed by atoms with Crippen LogP contribution in [0.1, 0.15) is 50.2 Å². The van der Waals surface area contributed by atoms with Gasteiger partial charge in [0.15, 0.2) is 0 Å². The summed E-state index contributed by atoms with van der Waals surface area (Å²) in [6.45, 7) is 7.05. The molecular formula is C18H23N3O. The van der Waals surface area contributed by atoms with E-state index in [9.17, 15) is 4.79 Å². The Morgan fingerprint density at radius 2 is 2.05 bits per heavy atom. The number of nitrogens with zero attached hydrogens (tertiary/aromatic N) is 2. The maximum atomic E-state index is 12.8. The Morgan fingerprint density at radius 1 is 1.32 bits per heavy atom. The van der Waals surface area contributed by atoms with Crippen molar-refractivity contribution in [2.75, 3.05) is 6.54 Å². The topological polar surface area (TPSA) is 49.0 Å². The molecule has 0 bridgehead atoms. The van der Waals surface area contributed by atoms with Gasteiger partial charge in [0, 0.05) is 25.1 Å².